The topological polar surface area (TPSA) is 64.8 Å². The molecular weight excluding hydrogens is 376 g/mol. The molecule has 28 heavy (non-hydrogen) atoms. The zero-order valence-electron chi connectivity index (χ0n) is 17.7. The summed E-state index contributed by atoms with van der Waals surface area (Å²) in [6.45, 7) is 10.1. The van der Waals surface area contributed by atoms with E-state index >= 15 is 0 Å². The van der Waals surface area contributed by atoms with E-state index in [-0.39, 0.29) is 12.0 Å². The van der Waals surface area contributed by atoms with Crippen LogP contribution >= 0.6 is 11.6 Å². The number of hydrogen-bond donors (Lipinski definition) is 1. The van der Waals surface area contributed by atoms with Gasteiger partial charge in [-0.2, -0.15) is 0 Å². The Labute approximate surface area is 174 Å². The lowest BCUT2D eigenvalue weighted by atomic mass is 9.74. The number of ether oxygens (including phenoxy) is 2. The lowest BCUT2D eigenvalue weighted by Gasteiger charge is -2.46. The summed E-state index contributed by atoms with van der Waals surface area (Å²) in [5.41, 5.74) is 5.82. The summed E-state index contributed by atoms with van der Waals surface area (Å²) in [7, 11) is 0. The number of amides is 1. The molecule has 1 saturated heterocycles. The molecule has 0 bridgehead atoms. The van der Waals surface area contributed by atoms with Crippen LogP contribution in [0.4, 0.5) is 4.79 Å². The van der Waals surface area contributed by atoms with Gasteiger partial charge in [-0.15, -0.1) is 0 Å². The van der Waals surface area contributed by atoms with Gasteiger partial charge in [0.05, 0.1) is 12.2 Å². The van der Waals surface area contributed by atoms with Crippen LogP contribution in [-0.4, -0.2) is 42.8 Å². The lowest BCUT2D eigenvalue weighted by Crippen LogP contribution is -2.50. The lowest BCUT2D eigenvalue weighted by molar-refractivity contribution is -0.114. The monoisotopic (exact) mass is 410 g/mol. The van der Waals surface area contributed by atoms with E-state index in [1.54, 1.807) is 0 Å². The van der Waals surface area contributed by atoms with Crippen LogP contribution in [0.5, 0.6) is 0 Å². The predicted octanol–water partition coefficient (Wildman–Crippen LogP) is 4.96. The zero-order chi connectivity index (χ0) is 20.8. The highest BCUT2D eigenvalue weighted by molar-refractivity contribution is 6.30. The van der Waals surface area contributed by atoms with Crippen molar-refractivity contribution < 1.29 is 14.3 Å². The van der Waals surface area contributed by atoms with Crippen molar-refractivity contribution in [3.8, 4) is 0 Å². The van der Waals surface area contributed by atoms with Gasteiger partial charge in [0.15, 0.2) is 0 Å². The SMILES string of the molecule is CCCC(OCCN)(c1cccc(Cl)c1)C1CCCN(C(=O)OC(C)(C)C)C1. The molecule has 1 amide bonds. The van der Waals surface area contributed by atoms with Gasteiger partial charge in [0.2, 0.25) is 0 Å². The van der Waals surface area contributed by atoms with Crippen LogP contribution in [0.1, 0.15) is 58.9 Å². The van der Waals surface area contributed by atoms with E-state index in [0.29, 0.717) is 31.3 Å². The minimum absolute atomic E-state index is 0.152. The fourth-order valence-corrected chi connectivity index (χ4v) is 4.26. The number of halogens is 1. The zero-order valence-corrected chi connectivity index (χ0v) is 18.4. The maximum Gasteiger partial charge on any atom is 0.410 e. The molecule has 2 unspecified atom stereocenters. The minimum Gasteiger partial charge on any atom is -0.444 e. The molecule has 1 heterocycles. The number of nitrogens with zero attached hydrogens (tertiary/aromatic N) is 1. The highest BCUT2D eigenvalue weighted by Gasteiger charge is 2.44. The smallest absolute Gasteiger partial charge is 0.410 e. The van der Waals surface area contributed by atoms with E-state index in [0.717, 1.165) is 31.2 Å². The van der Waals surface area contributed by atoms with E-state index in [4.69, 9.17) is 26.8 Å². The van der Waals surface area contributed by atoms with Crippen molar-refractivity contribution in [1.82, 2.24) is 4.90 Å². The van der Waals surface area contributed by atoms with Crippen LogP contribution < -0.4 is 5.73 Å². The molecule has 158 valence electrons. The second kappa shape index (κ2) is 9.95. The van der Waals surface area contributed by atoms with Crippen LogP contribution in [0.15, 0.2) is 24.3 Å². The Bertz CT molecular complexity index is 647. The van der Waals surface area contributed by atoms with E-state index in [2.05, 4.69) is 13.0 Å². The van der Waals surface area contributed by atoms with Crippen molar-refractivity contribution in [2.24, 2.45) is 11.7 Å². The van der Waals surface area contributed by atoms with Crippen LogP contribution in [-0.2, 0) is 15.1 Å². The van der Waals surface area contributed by atoms with Crippen molar-refractivity contribution >= 4 is 17.7 Å². The first-order chi connectivity index (χ1) is 13.2. The third-order valence-corrected chi connectivity index (χ3v) is 5.38. The molecule has 2 rings (SSSR count). The first kappa shape index (κ1) is 23.0. The molecule has 1 aromatic rings. The number of likely N-dealkylation sites (tertiary alicyclic amines) is 1. The van der Waals surface area contributed by atoms with Crippen molar-refractivity contribution in [3.05, 3.63) is 34.9 Å². The summed E-state index contributed by atoms with van der Waals surface area (Å²) in [5, 5.41) is 0.689. The molecule has 0 radical (unpaired) electrons. The fraction of sp³-hybridized carbons (Fsp3) is 0.682. The van der Waals surface area contributed by atoms with Crippen LogP contribution in [0.25, 0.3) is 0 Å². The van der Waals surface area contributed by atoms with Gasteiger partial charge < -0.3 is 20.1 Å². The van der Waals surface area contributed by atoms with E-state index in [1.807, 2.05) is 43.9 Å². The number of benzene rings is 1. The number of nitrogens with two attached hydrogens (primary N) is 1. The Morgan fingerprint density at radius 1 is 1.36 bits per heavy atom. The molecular formula is C22H35ClN2O3. The van der Waals surface area contributed by atoms with Gasteiger partial charge in [-0.05, 0) is 57.7 Å². The fourth-order valence-electron chi connectivity index (χ4n) is 4.07. The summed E-state index contributed by atoms with van der Waals surface area (Å²) < 4.78 is 12.1. The molecule has 5 nitrogen and oxygen atoms in total. The molecule has 1 aromatic carbocycles. The summed E-state index contributed by atoms with van der Waals surface area (Å²) in [4.78, 5) is 14.5. The Morgan fingerprint density at radius 3 is 2.71 bits per heavy atom. The third kappa shape index (κ3) is 5.85. The number of carbonyl (C=O) groups is 1. The van der Waals surface area contributed by atoms with Gasteiger partial charge in [-0.3, -0.25) is 0 Å². The molecule has 0 aliphatic carbocycles. The highest BCUT2D eigenvalue weighted by atomic mass is 35.5. The molecule has 0 spiro atoms. The van der Waals surface area contributed by atoms with Gasteiger partial charge in [0.1, 0.15) is 5.60 Å². The molecule has 2 atom stereocenters. The van der Waals surface area contributed by atoms with Crippen LogP contribution in [0, 0.1) is 5.92 Å². The number of piperidine rings is 1. The van der Waals surface area contributed by atoms with Gasteiger partial charge >= 0.3 is 6.09 Å². The maximum absolute atomic E-state index is 12.7. The first-order valence-corrected chi connectivity index (χ1v) is 10.7. The molecule has 0 aromatic heterocycles. The Balaban J connectivity index is 2.34. The summed E-state index contributed by atoms with van der Waals surface area (Å²) in [5.74, 6) is 0.152. The molecule has 1 aliphatic rings. The van der Waals surface area contributed by atoms with Crippen LogP contribution in [0.2, 0.25) is 5.02 Å². The largest absolute Gasteiger partial charge is 0.444 e. The van der Waals surface area contributed by atoms with Crippen LogP contribution in [0.3, 0.4) is 0 Å². The molecule has 2 N–H and O–H groups in total. The average Bonchev–Trinajstić information content (AvgIpc) is 2.64. The number of hydrogen-bond acceptors (Lipinski definition) is 4. The number of carbonyl (C=O) groups excluding carboxylic acids is 1. The maximum atomic E-state index is 12.7. The van der Waals surface area contributed by atoms with E-state index in [1.165, 1.54) is 0 Å². The van der Waals surface area contributed by atoms with Gasteiger partial charge in [-0.1, -0.05) is 37.1 Å². The molecule has 6 heteroatoms. The third-order valence-electron chi connectivity index (χ3n) is 5.14. The highest BCUT2D eigenvalue weighted by Crippen LogP contribution is 2.43. The second-order valence-corrected chi connectivity index (χ2v) is 8.99. The van der Waals surface area contributed by atoms with E-state index < -0.39 is 11.2 Å². The Kier molecular flexibility index (Phi) is 8.17. The molecule has 1 aliphatic heterocycles. The van der Waals surface area contributed by atoms with Crippen molar-refractivity contribution in [1.29, 1.82) is 0 Å². The second-order valence-electron chi connectivity index (χ2n) is 8.55. The van der Waals surface area contributed by atoms with Crippen molar-refractivity contribution in [2.45, 2.75) is 64.6 Å². The summed E-state index contributed by atoms with van der Waals surface area (Å²) in [6, 6.07) is 7.89. The summed E-state index contributed by atoms with van der Waals surface area (Å²) in [6.07, 6.45) is 3.45. The van der Waals surface area contributed by atoms with Crippen molar-refractivity contribution in [2.75, 3.05) is 26.2 Å². The van der Waals surface area contributed by atoms with Crippen molar-refractivity contribution in [3.63, 3.8) is 0 Å². The normalized spacial score (nSPS) is 19.9. The first-order valence-electron chi connectivity index (χ1n) is 10.3. The summed E-state index contributed by atoms with van der Waals surface area (Å²) >= 11 is 6.31. The van der Waals surface area contributed by atoms with Gasteiger partial charge in [-0.25, -0.2) is 4.79 Å². The standard InChI is InChI=1S/C22H35ClN2O3/c1-5-11-22(27-14-12-24,17-8-6-10-19(23)15-17)18-9-7-13-25(16-18)20(26)28-21(2,3)4/h6,8,10,15,18H,5,7,9,11-14,16,24H2,1-4H3. The molecule has 1 fully saturated rings. The number of rotatable bonds is 7. The minimum atomic E-state index is -0.514. The van der Waals surface area contributed by atoms with E-state index in [9.17, 15) is 4.79 Å². The Morgan fingerprint density at radius 2 is 2.11 bits per heavy atom. The van der Waals surface area contributed by atoms with Gasteiger partial charge in [0, 0.05) is 30.6 Å². The quantitative estimate of drug-likeness (QED) is 0.690. The molecule has 0 saturated carbocycles. The predicted molar refractivity (Wildman–Crippen MR) is 114 cm³/mol. The Hall–Kier alpha value is -1.30. The average molecular weight is 411 g/mol. The van der Waals surface area contributed by atoms with Gasteiger partial charge in [0.25, 0.3) is 0 Å².